The number of hydrogen-bond donors (Lipinski definition) is 2. The molecule has 0 fully saturated rings. The van der Waals surface area contributed by atoms with Crippen LogP contribution in [-0.2, 0) is 11.3 Å². The number of amides is 1. The lowest BCUT2D eigenvalue weighted by atomic mass is 10.5. The molecule has 3 N–H and O–H groups in total. The van der Waals surface area contributed by atoms with Crippen molar-refractivity contribution in [1.29, 1.82) is 0 Å². The lowest BCUT2D eigenvalue weighted by molar-refractivity contribution is -0.119. The second-order valence-electron chi connectivity index (χ2n) is 2.06. The van der Waals surface area contributed by atoms with Crippen LogP contribution in [0.15, 0.2) is 6.20 Å². The molecule has 1 rings (SSSR count). The van der Waals surface area contributed by atoms with E-state index >= 15 is 0 Å². The third kappa shape index (κ3) is 2.77. The highest BCUT2D eigenvalue weighted by Gasteiger charge is 2.00. The van der Waals surface area contributed by atoms with Crippen LogP contribution in [0.3, 0.4) is 0 Å². The van der Waals surface area contributed by atoms with Crippen LogP contribution in [0.5, 0.6) is 0 Å². The number of hydrogen-bond acceptors (Lipinski definition) is 4. The Kier molecular flexibility index (Phi) is 3.46. The minimum Gasteiger partial charge on any atom is -0.350 e. The maximum absolute atomic E-state index is 10.7. The molecule has 1 aromatic rings. The maximum atomic E-state index is 10.7. The highest BCUT2D eigenvalue weighted by molar-refractivity contribution is 7.15. The van der Waals surface area contributed by atoms with E-state index in [1.54, 1.807) is 6.20 Å². The smallest absolute Gasteiger partial charge is 0.234 e. The van der Waals surface area contributed by atoms with Crippen molar-refractivity contribution in [2.45, 2.75) is 6.54 Å². The number of nitrogens with one attached hydrogen (secondary N) is 1. The third-order valence-corrected chi connectivity index (χ3v) is 2.29. The van der Waals surface area contributed by atoms with Crippen molar-refractivity contribution in [1.82, 2.24) is 10.3 Å². The fourth-order valence-electron chi connectivity index (χ4n) is 0.623. The zero-order valence-corrected chi connectivity index (χ0v) is 7.78. The van der Waals surface area contributed by atoms with Crippen molar-refractivity contribution in [3.8, 4) is 0 Å². The normalized spacial score (nSPS) is 9.83. The molecule has 0 unspecified atom stereocenters. The van der Waals surface area contributed by atoms with Gasteiger partial charge in [-0.1, -0.05) is 11.6 Å². The lowest BCUT2D eigenvalue weighted by Gasteiger charge is -1.98. The molecule has 0 aromatic carbocycles. The maximum Gasteiger partial charge on any atom is 0.234 e. The molecule has 0 bridgehead atoms. The highest BCUT2D eigenvalue weighted by Crippen LogP contribution is 2.16. The van der Waals surface area contributed by atoms with E-state index in [0.717, 1.165) is 4.88 Å². The van der Waals surface area contributed by atoms with Crippen LogP contribution in [0.1, 0.15) is 4.88 Å². The number of rotatable bonds is 3. The van der Waals surface area contributed by atoms with Crippen LogP contribution in [0.25, 0.3) is 0 Å². The summed E-state index contributed by atoms with van der Waals surface area (Å²) in [5, 5.41) is 2.61. The Morgan fingerprint density at radius 3 is 3.08 bits per heavy atom. The minimum atomic E-state index is -0.181. The van der Waals surface area contributed by atoms with Gasteiger partial charge in [0.25, 0.3) is 0 Å². The van der Waals surface area contributed by atoms with Gasteiger partial charge in [0.2, 0.25) is 5.91 Å². The molecular weight excluding hydrogens is 198 g/mol. The molecule has 1 aromatic heterocycles. The van der Waals surface area contributed by atoms with Gasteiger partial charge in [-0.2, -0.15) is 0 Å². The molecule has 4 nitrogen and oxygen atoms in total. The Labute approximate surface area is 78.7 Å². The number of thiazole rings is 1. The van der Waals surface area contributed by atoms with Crippen LogP contribution >= 0.6 is 22.9 Å². The van der Waals surface area contributed by atoms with Gasteiger partial charge in [-0.15, -0.1) is 11.3 Å². The fraction of sp³-hybridized carbons (Fsp3) is 0.333. The number of aromatic nitrogens is 1. The predicted molar refractivity (Wildman–Crippen MR) is 48.0 cm³/mol. The highest BCUT2D eigenvalue weighted by atomic mass is 35.5. The monoisotopic (exact) mass is 205 g/mol. The van der Waals surface area contributed by atoms with E-state index in [2.05, 4.69) is 10.3 Å². The van der Waals surface area contributed by atoms with E-state index < -0.39 is 0 Å². The first-order chi connectivity index (χ1) is 5.72. The molecule has 0 spiro atoms. The van der Waals surface area contributed by atoms with Crippen LogP contribution in [0.2, 0.25) is 4.47 Å². The predicted octanol–water partition coefficient (Wildman–Crippen LogP) is 0.371. The zero-order chi connectivity index (χ0) is 8.97. The van der Waals surface area contributed by atoms with Crippen LogP contribution in [0.4, 0.5) is 0 Å². The average Bonchev–Trinajstić information content (AvgIpc) is 2.47. The molecule has 66 valence electrons. The topological polar surface area (TPSA) is 68.0 Å². The Morgan fingerprint density at radius 1 is 1.83 bits per heavy atom. The quantitative estimate of drug-likeness (QED) is 0.750. The molecule has 6 heteroatoms. The van der Waals surface area contributed by atoms with Gasteiger partial charge in [-0.3, -0.25) is 4.79 Å². The molecule has 0 radical (unpaired) electrons. The second-order valence-corrected chi connectivity index (χ2v) is 3.76. The fourth-order valence-corrected chi connectivity index (χ4v) is 1.54. The molecule has 0 aliphatic carbocycles. The molecule has 0 saturated carbocycles. The molecule has 1 heterocycles. The number of nitrogens with two attached hydrogens (primary N) is 1. The summed E-state index contributed by atoms with van der Waals surface area (Å²) in [4.78, 5) is 15.4. The summed E-state index contributed by atoms with van der Waals surface area (Å²) in [5.74, 6) is -0.181. The van der Waals surface area contributed by atoms with Crippen LogP contribution < -0.4 is 11.1 Å². The summed E-state index contributed by atoms with van der Waals surface area (Å²) in [6.07, 6.45) is 1.63. The van der Waals surface area contributed by atoms with Crippen molar-refractivity contribution >= 4 is 28.8 Å². The summed E-state index contributed by atoms with van der Waals surface area (Å²) >= 11 is 6.92. The SMILES string of the molecule is NCC(=O)NCc1cnc(Cl)s1. The van der Waals surface area contributed by atoms with Crippen molar-refractivity contribution in [3.05, 3.63) is 15.5 Å². The van der Waals surface area contributed by atoms with Crippen LogP contribution in [-0.4, -0.2) is 17.4 Å². The van der Waals surface area contributed by atoms with Gasteiger partial charge < -0.3 is 11.1 Å². The van der Waals surface area contributed by atoms with Crippen molar-refractivity contribution in [2.24, 2.45) is 5.73 Å². The number of nitrogens with zero attached hydrogens (tertiary/aromatic N) is 1. The van der Waals surface area contributed by atoms with E-state index in [0.29, 0.717) is 11.0 Å². The van der Waals surface area contributed by atoms with E-state index in [1.807, 2.05) is 0 Å². The van der Waals surface area contributed by atoms with Gasteiger partial charge in [0.1, 0.15) is 0 Å². The molecule has 12 heavy (non-hydrogen) atoms. The van der Waals surface area contributed by atoms with E-state index in [9.17, 15) is 4.79 Å². The molecule has 0 saturated heterocycles. The Bertz CT molecular complexity index is 276. The van der Waals surface area contributed by atoms with Crippen molar-refractivity contribution in [3.63, 3.8) is 0 Å². The van der Waals surface area contributed by atoms with Gasteiger partial charge in [-0.05, 0) is 0 Å². The molecule has 0 atom stereocenters. The Balaban J connectivity index is 2.38. The first-order valence-corrected chi connectivity index (χ1v) is 4.49. The van der Waals surface area contributed by atoms with Crippen molar-refractivity contribution in [2.75, 3.05) is 6.54 Å². The second kappa shape index (κ2) is 4.39. The van der Waals surface area contributed by atoms with E-state index in [4.69, 9.17) is 17.3 Å². The van der Waals surface area contributed by atoms with Gasteiger partial charge >= 0.3 is 0 Å². The summed E-state index contributed by atoms with van der Waals surface area (Å²) in [5.41, 5.74) is 5.09. The molecule has 0 aliphatic rings. The molecule has 0 aliphatic heterocycles. The van der Waals surface area contributed by atoms with E-state index in [1.165, 1.54) is 11.3 Å². The summed E-state index contributed by atoms with van der Waals surface area (Å²) in [6, 6.07) is 0. The first kappa shape index (κ1) is 9.44. The number of carbonyl (C=O) groups is 1. The van der Waals surface area contributed by atoms with Gasteiger partial charge in [-0.25, -0.2) is 4.98 Å². The zero-order valence-electron chi connectivity index (χ0n) is 6.21. The summed E-state index contributed by atoms with van der Waals surface area (Å²) in [7, 11) is 0. The van der Waals surface area contributed by atoms with Gasteiger partial charge in [0.15, 0.2) is 4.47 Å². The first-order valence-electron chi connectivity index (χ1n) is 3.29. The lowest BCUT2D eigenvalue weighted by Crippen LogP contribution is -2.29. The molecule has 1 amide bonds. The van der Waals surface area contributed by atoms with Gasteiger partial charge in [0, 0.05) is 11.1 Å². The summed E-state index contributed by atoms with van der Waals surface area (Å²) < 4.78 is 0.479. The number of halogens is 1. The Morgan fingerprint density at radius 2 is 2.58 bits per heavy atom. The average molecular weight is 206 g/mol. The summed E-state index contributed by atoms with van der Waals surface area (Å²) in [6.45, 7) is 0.451. The van der Waals surface area contributed by atoms with Crippen molar-refractivity contribution < 1.29 is 4.79 Å². The Hall–Kier alpha value is -0.650. The largest absolute Gasteiger partial charge is 0.350 e. The van der Waals surface area contributed by atoms with E-state index in [-0.39, 0.29) is 12.5 Å². The van der Waals surface area contributed by atoms with Gasteiger partial charge in [0.05, 0.1) is 13.1 Å². The number of carbonyl (C=O) groups excluding carboxylic acids is 1. The van der Waals surface area contributed by atoms with Crippen LogP contribution in [0, 0.1) is 0 Å². The minimum absolute atomic E-state index is 0.00648. The molecular formula is C6H8ClN3OS. The third-order valence-electron chi connectivity index (χ3n) is 1.17. The standard InChI is InChI=1S/C6H8ClN3OS/c7-6-10-3-4(12-6)2-9-5(11)1-8/h3H,1-2,8H2,(H,9,11).